The Kier molecular flexibility index (Phi) is 4.60. The summed E-state index contributed by atoms with van der Waals surface area (Å²) in [6.07, 6.45) is 0. The second-order valence-corrected chi connectivity index (χ2v) is 8.07. The van der Waals surface area contributed by atoms with Crippen LogP contribution in [0.2, 0.25) is 0 Å². The van der Waals surface area contributed by atoms with E-state index in [1.807, 2.05) is 20.8 Å². The number of methoxy groups -OCH3 is 1. The second-order valence-electron chi connectivity index (χ2n) is 6.13. The molecule has 0 amide bonds. The molecular weight excluding hydrogens is 290 g/mol. The summed E-state index contributed by atoms with van der Waals surface area (Å²) in [7, 11) is -1.87. The van der Waals surface area contributed by atoms with Gasteiger partial charge in [0.2, 0.25) is 10.0 Å². The van der Waals surface area contributed by atoms with E-state index in [1.165, 1.54) is 4.31 Å². The molecule has 1 fully saturated rings. The molecule has 0 aromatic heterocycles. The van der Waals surface area contributed by atoms with Gasteiger partial charge < -0.3 is 9.47 Å². The Bertz CT molecular complexity index is 599. The van der Waals surface area contributed by atoms with Gasteiger partial charge in [0.15, 0.2) is 0 Å². The van der Waals surface area contributed by atoms with Crippen LogP contribution in [0.4, 0.5) is 0 Å². The lowest BCUT2D eigenvalue weighted by Crippen LogP contribution is -2.40. The molecule has 0 radical (unpaired) electrons. The molecule has 6 heteroatoms. The molecule has 0 aliphatic carbocycles. The number of hydrogen-bond donors (Lipinski definition) is 0. The third-order valence-corrected chi connectivity index (χ3v) is 5.48. The predicted octanol–water partition coefficient (Wildman–Crippen LogP) is 2.01. The van der Waals surface area contributed by atoms with Gasteiger partial charge >= 0.3 is 0 Å². The molecule has 5 nitrogen and oxygen atoms in total. The fourth-order valence-electron chi connectivity index (χ4n) is 2.37. The molecule has 2 rings (SSSR count). The van der Waals surface area contributed by atoms with Gasteiger partial charge in [-0.15, -0.1) is 0 Å². The van der Waals surface area contributed by atoms with Crippen molar-refractivity contribution < 1.29 is 17.9 Å². The second kappa shape index (κ2) is 5.94. The van der Waals surface area contributed by atoms with Crippen LogP contribution in [0.25, 0.3) is 0 Å². The zero-order valence-corrected chi connectivity index (χ0v) is 13.9. The van der Waals surface area contributed by atoms with Crippen molar-refractivity contribution in [3.05, 3.63) is 23.8 Å². The van der Waals surface area contributed by atoms with Crippen LogP contribution in [0.3, 0.4) is 0 Å². The van der Waals surface area contributed by atoms with E-state index in [-0.39, 0.29) is 5.41 Å². The third-order valence-electron chi connectivity index (χ3n) is 3.59. The van der Waals surface area contributed by atoms with Gasteiger partial charge in [0.25, 0.3) is 0 Å². The standard InChI is InChI=1S/C15H23NO4S/c1-15(2,3)13-11-12(5-6-14(13)19-4)21(17,18)16-7-9-20-10-8-16/h5-6,11H,7-10H2,1-4H3. The highest BCUT2D eigenvalue weighted by Gasteiger charge is 2.28. The van der Waals surface area contributed by atoms with Crippen molar-refractivity contribution in [1.29, 1.82) is 0 Å². The van der Waals surface area contributed by atoms with E-state index in [1.54, 1.807) is 25.3 Å². The first kappa shape index (κ1) is 16.3. The molecule has 0 saturated carbocycles. The smallest absolute Gasteiger partial charge is 0.243 e. The number of sulfonamides is 1. The number of morpholine rings is 1. The van der Waals surface area contributed by atoms with E-state index in [2.05, 4.69) is 0 Å². The van der Waals surface area contributed by atoms with Crippen LogP contribution >= 0.6 is 0 Å². The minimum Gasteiger partial charge on any atom is -0.496 e. The maximum absolute atomic E-state index is 12.7. The number of rotatable bonds is 3. The lowest BCUT2D eigenvalue weighted by molar-refractivity contribution is 0.0730. The van der Waals surface area contributed by atoms with Crippen LogP contribution in [0, 0.1) is 0 Å². The summed E-state index contributed by atoms with van der Waals surface area (Å²) in [5, 5.41) is 0. The lowest BCUT2D eigenvalue weighted by atomic mass is 9.86. The molecule has 1 aliphatic rings. The Morgan fingerprint density at radius 3 is 2.33 bits per heavy atom. The zero-order valence-electron chi connectivity index (χ0n) is 13.0. The number of ether oxygens (including phenoxy) is 2. The molecule has 0 N–H and O–H groups in total. The van der Waals surface area contributed by atoms with Crippen LogP contribution in [-0.4, -0.2) is 46.1 Å². The van der Waals surface area contributed by atoms with Gasteiger partial charge in [-0.25, -0.2) is 8.42 Å². The Labute approximate surface area is 126 Å². The highest BCUT2D eigenvalue weighted by molar-refractivity contribution is 7.89. The molecule has 0 unspecified atom stereocenters. The van der Waals surface area contributed by atoms with Crippen LogP contribution in [0.5, 0.6) is 5.75 Å². The monoisotopic (exact) mass is 313 g/mol. The van der Waals surface area contributed by atoms with Crippen molar-refractivity contribution >= 4 is 10.0 Å². The van der Waals surface area contributed by atoms with Crippen LogP contribution in [0.1, 0.15) is 26.3 Å². The van der Waals surface area contributed by atoms with E-state index in [4.69, 9.17) is 9.47 Å². The fraction of sp³-hybridized carbons (Fsp3) is 0.600. The molecule has 1 aliphatic heterocycles. The van der Waals surface area contributed by atoms with Gasteiger partial charge in [-0.05, 0) is 23.6 Å². The molecule has 0 atom stereocenters. The normalized spacial score (nSPS) is 17.7. The molecular formula is C15H23NO4S. The van der Waals surface area contributed by atoms with Crippen molar-refractivity contribution in [2.45, 2.75) is 31.1 Å². The Morgan fingerprint density at radius 1 is 1.19 bits per heavy atom. The average Bonchev–Trinajstić information content (AvgIpc) is 2.46. The van der Waals surface area contributed by atoms with Gasteiger partial charge in [-0.3, -0.25) is 0 Å². The first-order valence-corrected chi connectivity index (χ1v) is 8.47. The summed E-state index contributed by atoms with van der Waals surface area (Å²) in [5.74, 6) is 0.712. The van der Waals surface area contributed by atoms with E-state index < -0.39 is 10.0 Å². The number of nitrogens with zero attached hydrogens (tertiary/aromatic N) is 1. The van der Waals surface area contributed by atoms with Crippen molar-refractivity contribution in [3.63, 3.8) is 0 Å². The summed E-state index contributed by atoms with van der Waals surface area (Å²) in [5.41, 5.74) is 0.696. The average molecular weight is 313 g/mol. The SMILES string of the molecule is COc1ccc(S(=O)(=O)N2CCOCC2)cc1C(C)(C)C. The molecule has 21 heavy (non-hydrogen) atoms. The summed E-state index contributed by atoms with van der Waals surface area (Å²) in [6, 6.07) is 5.07. The third kappa shape index (κ3) is 3.39. The number of benzene rings is 1. The lowest BCUT2D eigenvalue weighted by Gasteiger charge is -2.27. The highest BCUT2D eigenvalue weighted by Crippen LogP contribution is 2.33. The van der Waals surface area contributed by atoms with E-state index in [0.717, 1.165) is 5.56 Å². The summed E-state index contributed by atoms with van der Waals surface area (Å²) >= 11 is 0. The maximum Gasteiger partial charge on any atom is 0.243 e. The van der Waals surface area contributed by atoms with Gasteiger partial charge in [0.1, 0.15) is 5.75 Å². The Balaban J connectivity index is 2.44. The maximum atomic E-state index is 12.7. The first-order valence-electron chi connectivity index (χ1n) is 7.03. The van der Waals surface area contributed by atoms with E-state index >= 15 is 0 Å². The molecule has 1 aromatic rings. The molecule has 0 bridgehead atoms. The predicted molar refractivity (Wildman–Crippen MR) is 81.3 cm³/mol. The zero-order chi connectivity index (χ0) is 15.7. The highest BCUT2D eigenvalue weighted by atomic mass is 32.2. The molecule has 1 aromatic carbocycles. The van der Waals surface area contributed by atoms with Crippen molar-refractivity contribution in [2.24, 2.45) is 0 Å². The van der Waals surface area contributed by atoms with Crippen molar-refractivity contribution in [2.75, 3.05) is 33.4 Å². The minimum absolute atomic E-state index is 0.193. The molecule has 1 saturated heterocycles. The van der Waals surface area contributed by atoms with Crippen LogP contribution in [-0.2, 0) is 20.2 Å². The van der Waals surface area contributed by atoms with Crippen LogP contribution in [0.15, 0.2) is 23.1 Å². The van der Waals surface area contributed by atoms with Crippen molar-refractivity contribution in [1.82, 2.24) is 4.31 Å². The van der Waals surface area contributed by atoms with Crippen molar-refractivity contribution in [3.8, 4) is 5.75 Å². The van der Waals surface area contributed by atoms with E-state index in [9.17, 15) is 8.42 Å². The molecule has 118 valence electrons. The van der Waals surface area contributed by atoms with Gasteiger partial charge in [0.05, 0.1) is 25.2 Å². The van der Waals surface area contributed by atoms with Gasteiger partial charge in [0, 0.05) is 18.7 Å². The van der Waals surface area contributed by atoms with Gasteiger partial charge in [-0.1, -0.05) is 20.8 Å². The summed E-state index contributed by atoms with van der Waals surface area (Å²) in [4.78, 5) is 0.315. The number of hydrogen-bond acceptors (Lipinski definition) is 4. The first-order chi connectivity index (χ1) is 9.76. The molecule has 1 heterocycles. The van der Waals surface area contributed by atoms with Gasteiger partial charge in [-0.2, -0.15) is 4.31 Å². The minimum atomic E-state index is -3.47. The topological polar surface area (TPSA) is 55.8 Å². The quantitative estimate of drug-likeness (QED) is 0.856. The summed E-state index contributed by atoms with van der Waals surface area (Å²) < 4.78 is 37.4. The Hall–Kier alpha value is -1.11. The summed E-state index contributed by atoms with van der Waals surface area (Å²) in [6.45, 7) is 7.81. The Morgan fingerprint density at radius 2 is 1.81 bits per heavy atom. The fourth-order valence-corrected chi connectivity index (χ4v) is 3.80. The molecule has 0 spiro atoms. The van der Waals surface area contributed by atoms with E-state index in [0.29, 0.717) is 36.9 Å². The van der Waals surface area contributed by atoms with Crippen LogP contribution < -0.4 is 4.74 Å². The largest absolute Gasteiger partial charge is 0.496 e.